The average molecular weight is 291 g/mol. The van der Waals surface area contributed by atoms with E-state index < -0.39 is 0 Å². The highest BCUT2D eigenvalue weighted by molar-refractivity contribution is 6.32. The summed E-state index contributed by atoms with van der Waals surface area (Å²) >= 11 is 6.04. The van der Waals surface area contributed by atoms with E-state index in [4.69, 9.17) is 11.6 Å². The van der Waals surface area contributed by atoms with Crippen molar-refractivity contribution in [3.8, 4) is 0 Å². The van der Waals surface area contributed by atoms with Crippen LogP contribution >= 0.6 is 11.6 Å². The number of aromatic nitrogens is 2. The van der Waals surface area contributed by atoms with E-state index in [1.54, 1.807) is 0 Å². The van der Waals surface area contributed by atoms with Gasteiger partial charge in [0, 0.05) is 19.0 Å². The molecule has 2 aromatic rings. The third kappa shape index (κ3) is 3.23. The molecule has 1 aromatic carbocycles. The Bertz CT molecular complexity index is 642. The normalized spacial score (nSPS) is 14.4. The van der Waals surface area contributed by atoms with Crippen LogP contribution in [-0.2, 0) is 4.79 Å². The van der Waals surface area contributed by atoms with E-state index in [2.05, 4.69) is 20.6 Å². The SMILES string of the molecule is O=C(CCNC1CC1)Nc1nc2ccccc2nc1Cl. The molecule has 1 aliphatic carbocycles. The van der Waals surface area contributed by atoms with E-state index in [0.717, 1.165) is 0 Å². The van der Waals surface area contributed by atoms with Crippen LogP contribution in [0.1, 0.15) is 19.3 Å². The van der Waals surface area contributed by atoms with Crippen LogP contribution in [0.4, 0.5) is 5.82 Å². The lowest BCUT2D eigenvalue weighted by atomic mass is 10.3. The summed E-state index contributed by atoms with van der Waals surface area (Å²) in [6.07, 6.45) is 2.83. The molecule has 0 unspecified atom stereocenters. The van der Waals surface area contributed by atoms with Gasteiger partial charge in [0.05, 0.1) is 11.0 Å². The van der Waals surface area contributed by atoms with Gasteiger partial charge in [0.25, 0.3) is 0 Å². The molecule has 20 heavy (non-hydrogen) atoms. The van der Waals surface area contributed by atoms with Crippen LogP contribution in [0.3, 0.4) is 0 Å². The molecule has 1 aromatic heterocycles. The standard InChI is InChI=1S/C14H15ClN4O/c15-13-14(18-11-4-2-1-3-10(11)17-13)19-12(20)7-8-16-9-5-6-9/h1-4,9,16H,5-8H2,(H,18,19,20). The maximum absolute atomic E-state index is 11.8. The molecule has 0 aliphatic heterocycles. The number of carbonyl (C=O) groups excluding carboxylic acids is 1. The largest absolute Gasteiger partial charge is 0.313 e. The number of amides is 1. The number of hydrogen-bond donors (Lipinski definition) is 2. The Morgan fingerprint density at radius 2 is 1.95 bits per heavy atom. The maximum atomic E-state index is 11.8. The molecular weight excluding hydrogens is 276 g/mol. The van der Waals surface area contributed by atoms with E-state index in [0.29, 0.717) is 35.9 Å². The zero-order valence-electron chi connectivity index (χ0n) is 10.9. The van der Waals surface area contributed by atoms with Crippen molar-refractivity contribution in [1.29, 1.82) is 0 Å². The minimum absolute atomic E-state index is 0.107. The van der Waals surface area contributed by atoms with Crippen LogP contribution < -0.4 is 10.6 Å². The number of hydrogen-bond acceptors (Lipinski definition) is 4. The van der Waals surface area contributed by atoms with Crippen LogP contribution in [0.2, 0.25) is 5.15 Å². The summed E-state index contributed by atoms with van der Waals surface area (Å²) in [5.41, 5.74) is 1.43. The number of nitrogens with zero attached hydrogens (tertiary/aromatic N) is 2. The third-order valence-electron chi connectivity index (χ3n) is 3.15. The number of nitrogens with one attached hydrogen (secondary N) is 2. The number of fused-ring (bicyclic) bond motifs is 1. The van der Waals surface area contributed by atoms with Crippen molar-refractivity contribution < 1.29 is 4.79 Å². The molecule has 3 rings (SSSR count). The van der Waals surface area contributed by atoms with Crippen LogP contribution in [-0.4, -0.2) is 28.5 Å². The molecule has 1 fully saturated rings. The first-order valence-corrected chi connectivity index (χ1v) is 7.06. The Kier molecular flexibility index (Phi) is 3.80. The van der Waals surface area contributed by atoms with Gasteiger partial charge in [0.2, 0.25) is 5.91 Å². The number of carbonyl (C=O) groups is 1. The number of para-hydroxylation sites is 2. The van der Waals surface area contributed by atoms with Crippen molar-refractivity contribution in [2.75, 3.05) is 11.9 Å². The molecule has 0 spiro atoms. The molecular formula is C14H15ClN4O. The topological polar surface area (TPSA) is 66.9 Å². The van der Waals surface area contributed by atoms with Crippen molar-refractivity contribution in [3.05, 3.63) is 29.4 Å². The van der Waals surface area contributed by atoms with Gasteiger partial charge in [-0.2, -0.15) is 0 Å². The summed E-state index contributed by atoms with van der Waals surface area (Å²) in [6.45, 7) is 0.676. The van der Waals surface area contributed by atoms with Gasteiger partial charge in [-0.05, 0) is 25.0 Å². The van der Waals surface area contributed by atoms with Crippen molar-refractivity contribution in [1.82, 2.24) is 15.3 Å². The molecule has 0 radical (unpaired) electrons. The molecule has 1 saturated carbocycles. The summed E-state index contributed by atoms with van der Waals surface area (Å²) in [5, 5.41) is 6.21. The van der Waals surface area contributed by atoms with E-state index in [1.165, 1.54) is 12.8 Å². The van der Waals surface area contributed by atoms with Gasteiger partial charge in [-0.3, -0.25) is 4.79 Å². The molecule has 0 saturated heterocycles. The Balaban J connectivity index is 1.66. The van der Waals surface area contributed by atoms with E-state index >= 15 is 0 Å². The van der Waals surface area contributed by atoms with Gasteiger partial charge < -0.3 is 10.6 Å². The van der Waals surface area contributed by atoms with Crippen LogP contribution in [0.15, 0.2) is 24.3 Å². The quantitative estimate of drug-likeness (QED) is 0.887. The van der Waals surface area contributed by atoms with Gasteiger partial charge in [-0.15, -0.1) is 0 Å². The molecule has 0 atom stereocenters. The fourth-order valence-corrected chi connectivity index (χ4v) is 2.11. The lowest BCUT2D eigenvalue weighted by Crippen LogP contribution is -2.23. The Labute approximate surface area is 121 Å². The van der Waals surface area contributed by atoms with Gasteiger partial charge in [-0.25, -0.2) is 9.97 Å². The lowest BCUT2D eigenvalue weighted by Gasteiger charge is -2.07. The highest BCUT2D eigenvalue weighted by Gasteiger charge is 2.20. The van der Waals surface area contributed by atoms with E-state index in [9.17, 15) is 4.79 Å². The van der Waals surface area contributed by atoms with Crippen molar-refractivity contribution in [2.24, 2.45) is 0 Å². The molecule has 0 bridgehead atoms. The zero-order chi connectivity index (χ0) is 13.9. The average Bonchev–Trinajstić information content (AvgIpc) is 3.24. The minimum atomic E-state index is -0.107. The monoisotopic (exact) mass is 290 g/mol. The predicted molar refractivity (Wildman–Crippen MR) is 78.8 cm³/mol. The smallest absolute Gasteiger partial charge is 0.226 e. The molecule has 1 heterocycles. The Morgan fingerprint density at radius 1 is 1.25 bits per heavy atom. The van der Waals surface area contributed by atoms with Crippen molar-refractivity contribution >= 4 is 34.4 Å². The molecule has 2 N–H and O–H groups in total. The number of halogens is 1. The second-order valence-electron chi connectivity index (χ2n) is 4.88. The second-order valence-corrected chi connectivity index (χ2v) is 5.24. The first kappa shape index (κ1) is 13.3. The van der Waals surface area contributed by atoms with Crippen LogP contribution in [0, 0.1) is 0 Å². The maximum Gasteiger partial charge on any atom is 0.226 e. The number of benzene rings is 1. The van der Waals surface area contributed by atoms with Crippen LogP contribution in [0.5, 0.6) is 0 Å². The van der Waals surface area contributed by atoms with Crippen molar-refractivity contribution in [2.45, 2.75) is 25.3 Å². The molecule has 104 valence electrons. The first-order chi connectivity index (χ1) is 9.72. The first-order valence-electron chi connectivity index (χ1n) is 6.68. The second kappa shape index (κ2) is 5.73. The number of rotatable bonds is 5. The third-order valence-corrected chi connectivity index (χ3v) is 3.41. The highest BCUT2D eigenvalue weighted by Crippen LogP contribution is 2.21. The minimum Gasteiger partial charge on any atom is -0.313 e. The van der Waals surface area contributed by atoms with Gasteiger partial charge in [-0.1, -0.05) is 23.7 Å². The van der Waals surface area contributed by atoms with Crippen molar-refractivity contribution in [3.63, 3.8) is 0 Å². The van der Waals surface area contributed by atoms with E-state index in [1.807, 2.05) is 24.3 Å². The van der Waals surface area contributed by atoms with Gasteiger partial charge in [0.15, 0.2) is 11.0 Å². The van der Waals surface area contributed by atoms with Gasteiger partial charge in [0.1, 0.15) is 0 Å². The Morgan fingerprint density at radius 3 is 2.65 bits per heavy atom. The number of anilines is 1. The van der Waals surface area contributed by atoms with Crippen LogP contribution in [0.25, 0.3) is 11.0 Å². The molecule has 1 amide bonds. The van der Waals surface area contributed by atoms with Gasteiger partial charge >= 0.3 is 0 Å². The lowest BCUT2D eigenvalue weighted by molar-refractivity contribution is -0.116. The predicted octanol–water partition coefficient (Wildman–Crippen LogP) is 2.36. The molecule has 5 nitrogen and oxygen atoms in total. The zero-order valence-corrected chi connectivity index (χ0v) is 11.7. The molecule has 6 heteroatoms. The summed E-state index contributed by atoms with van der Waals surface area (Å²) < 4.78 is 0. The Hall–Kier alpha value is -1.72. The fraction of sp³-hybridized carbons (Fsp3) is 0.357. The summed E-state index contributed by atoms with van der Waals surface area (Å²) in [5.74, 6) is 0.214. The highest BCUT2D eigenvalue weighted by atomic mass is 35.5. The van der Waals surface area contributed by atoms with E-state index in [-0.39, 0.29) is 11.1 Å². The summed E-state index contributed by atoms with van der Waals surface area (Å²) in [7, 11) is 0. The molecule has 1 aliphatic rings. The fourth-order valence-electron chi connectivity index (χ4n) is 1.93. The summed E-state index contributed by atoms with van der Waals surface area (Å²) in [4.78, 5) is 20.4. The summed E-state index contributed by atoms with van der Waals surface area (Å²) in [6, 6.07) is 8.01.